The molecule has 33 heavy (non-hydrogen) atoms. The van der Waals surface area contributed by atoms with E-state index in [1.165, 1.54) is 12.1 Å². The summed E-state index contributed by atoms with van der Waals surface area (Å²) < 4.78 is 25.9. The van der Waals surface area contributed by atoms with Crippen molar-refractivity contribution in [3.8, 4) is 17.6 Å². The summed E-state index contributed by atoms with van der Waals surface area (Å²) in [5.74, 6) is 0.377. The molecule has 0 spiro atoms. The van der Waals surface area contributed by atoms with Crippen molar-refractivity contribution in [2.24, 2.45) is 0 Å². The van der Waals surface area contributed by atoms with Crippen molar-refractivity contribution in [2.45, 2.75) is 13.2 Å². The lowest BCUT2D eigenvalue weighted by atomic mass is 10.1. The topological polar surface area (TPSA) is 71.3 Å². The van der Waals surface area contributed by atoms with Gasteiger partial charge in [0.05, 0.1) is 16.1 Å². The number of nitrogens with zero attached hydrogens (tertiary/aromatic N) is 1. The van der Waals surface area contributed by atoms with Gasteiger partial charge >= 0.3 is 0 Å². The second kappa shape index (κ2) is 11.6. The van der Waals surface area contributed by atoms with Crippen LogP contribution in [-0.2, 0) is 17.9 Å². The van der Waals surface area contributed by atoms with Crippen LogP contribution in [0.15, 0.2) is 75.2 Å². The van der Waals surface area contributed by atoms with Crippen LogP contribution in [0.3, 0.4) is 0 Å². The van der Waals surface area contributed by atoms with E-state index in [1.807, 2.05) is 18.2 Å². The minimum absolute atomic E-state index is 0.0395. The second-order valence-electron chi connectivity index (χ2n) is 6.89. The van der Waals surface area contributed by atoms with Crippen molar-refractivity contribution in [1.29, 1.82) is 5.26 Å². The molecule has 1 N–H and O–H groups in total. The normalized spacial score (nSPS) is 10.9. The molecule has 0 fully saturated rings. The van der Waals surface area contributed by atoms with Gasteiger partial charge in [-0.25, -0.2) is 4.39 Å². The molecular weight excluding hydrogens is 555 g/mol. The third-order valence-corrected chi connectivity index (χ3v) is 5.82. The Labute approximate surface area is 208 Å². The minimum atomic E-state index is -0.486. The molecule has 1 amide bonds. The molecule has 168 valence electrons. The van der Waals surface area contributed by atoms with Crippen molar-refractivity contribution in [2.75, 3.05) is 7.11 Å². The van der Waals surface area contributed by atoms with E-state index in [-0.39, 0.29) is 24.5 Å². The first-order valence-corrected chi connectivity index (χ1v) is 11.4. The largest absolute Gasteiger partial charge is 0.497 e. The molecule has 5 nitrogen and oxygen atoms in total. The SMILES string of the molecule is COc1ccc(CNC(=O)/C(C#N)=C\c2cc(Br)c(OCc3ccccc3F)c(Br)c2)cc1. The van der Waals surface area contributed by atoms with E-state index in [1.54, 1.807) is 49.6 Å². The van der Waals surface area contributed by atoms with Gasteiger partial charge in [0.25, 0.3) is 5.91 Å². The van der Waals surface area contributed by atoms with Gasteiger partial charge in [-0.3, -0.25) is 4.79 Å². The van der Waals surface area contributed by atoms with E-state index in [0.29, 0.717) is 25.8 Å². The number of ether oxygens (including phenoxy) is 2. The predicted molar refractivity (Wildman–Crippen MR) is 131 cm³/mol. The highest BCUT2D eigenvalue weighted by atomic mass is 79.9. The van der Waals surface area contributed by atoms with Crippen LogP contribution in [0.1, 0.15) is 16.7 Å². The molecule has 0 saturated heterocycles. The smallest absolute Gasteiger partial charge is 0.262 e. The molecule has 8 heteroatoms. The van der Waals surface area contributed by atoms with E-state index in [2.05, 4.69) is 37.2 Å². The molecule has 0 aromatic heterocycles. The van der Waals surface area contributed by atoms with Crippen LogP contribution in [0.4, 0.5) is 4.39 Å². The number of benzene rings is 3. The van der Waals surface area contributed by atoms with Gasteiger partial charge in [-0.05, 0) is 79.4 Å². The molecule has 0 aliphatic carbocycles. The van der Waals surface area contributed by atoms with Crippen LogP contribution < -0.4 is 14.8 Å². The van der Waals surface area contributed by atoms with Crippen LogP contribution in [0.2, 0.25) is 0 Å². The molecule has 0 atom stereocenters. The highest BCUT2D eigenvalue weighted by Crippen LogP contribution is 2.36. The quantitative estimate of drug-likeness (QED) is 0.259. The Bertz CT molecular complexity index is 1200. The van der Waals surface area contributed by atoms with Gasteiger partial charge in [-0.15, -0.1) is 0 Å². The van der Waals surface area contributed by atoms with Gasteiger partial charge < -0.3 is 14.8 Å². The number of amides is 1. The summed E-state index contributed by atoms with van der Waals surface area (Å²) >= 11 is 6.88. The lowest BCUT2D eigenvalue weighted by Gasteiger charge is -2.12. The molecule has 3 aromatic carbocycles. The molecule has 0 bridgehead atoms. The molecule has 0 aliphatic heterocycles. The first kappa shape index (κ1) is 24.5. The van der Waals surface area contributed by atoms with E-state index < -0.39 is 5.91 Å². The van der Waals surface area contributed by atoms with E-state index in [0.717, 1.165) is 11.3 Å². The lowest BCUT2D eigenvalue weighted by Crippen LogP contribution is -2.23. The first-order chi connectivity index (χ1) is 15.9. The standard InChI is InChI=1S/C25H19Br2FN2O3/c1-32-20-8-6-16(7-9-20)14-30-25(31)19(13-29)10-17-11-21(26)24(22(27)12-17)33-15-18-4-2-3-5-23(18)28/h2-12H,14-15H2,1H3,(H,30,31)/b19-10-. The summed E-state index contributed by atoms with van der Waals surface area (Å²) in [6, 6.07) is 19.0. The summed E-state index contributed by atoms with van der Waals surface area (Å²) in [7, 11) is 1.58. The van der Waals surface area contributed by atoms with Gasteiger partial charge in [0.15, 0.2) is 0 Å². The summed E-state index contributed by atoms with van der Waals surface area (Å²) in [4.78, 5) is 12.5. The first-order valence-electron chi connectivity index (χ1n) is 9.79. The fourth-order valence-electron chi connectivity index (χ4n) is 2.90. The fraction of sp³-hybridized carbons (Fsp3) is 0.120. The monoisotopic (exact) mass is 572 g/mol. The molecule has 3 aromatic rings. The number of rotatable bonds is 8. The summed E-state index contributed by atoms with van der Waals surface area (Å²) in [5, 5.41) is 12.2. The average molecular weight is 574 g/mol. The van der Waals surface area contributed by atoms with Crippen LogP contribution in [-0.4, -0.2) is 13.0 Å². The van der Waals surface area contributed by atoms with Crippen molar-refractivity contribution in [3.05, 3.63) is 97.7 Å². The van der Waals surface area contributed by atoms with Gasteiger partial charge in [-0.1, -0.05) is 30.3 Å². The Hall–Kier alpha value is -3.15. The molecule has 0 aliphatic rings. The Kier molecular flexibility index (Phi) is 8.64. The number of hydrogen-bond donors (Lipinski definition) is 1. The number of nitrogens with one attached hydrogen (secondary N) is 1. The zero-order chi connectivity index (χ0) is 23.8. The number of methoxy groups -OCH3 is 1. The number of carbonyl (C=O) groups is 1. The van der Waals surface area contributed by atoms with Gasteiger partial charge in [0.2, 0.25) is 0 Å². The Morgan fingerprint density at radius 3 is 2.39 bits per heavy atom. The summed E-state index contributed by atoms with van der Waals surface area (Å²) in [6.07, 6.45) is 1.49. The van der Waals surface area contributed by atoms with Crippen molar-refractivity contribution in [1.82, 2.24) is 5.32 Å². The predicted octanol–water partition coefficient (Wildman–Crippen LogP) is 6.16. The van der Waals surface area contributed by atoms with Crippen LogP contribution in [0.5, 0.6) is 11.5 Å². The zero-order valence-electron chi connectivity index (χ0n) is 17.6. The summed E-state index contributed by atoms with van der Waals surface area (Å²) in [6.45, 7) is 0.328. The third kappa shape index (κ3) is 6.67. The molecule has 3 rings (SSSR count). The molecule has 0 heterocycles. The van der Waals surface area contributed by atoms with Crippen LogP contribution in [0.25, 0.3) is 6.08 Å². The molecule has 0 saturated carbocycles. The maximum absolute atomic E-state index is 13.8. The van der Waals surface area contributed by atoms with E-state index in [9.17, 15) is 14.4 Å². The molecule has 0 unspecified atom stereocenters. The average Bonchev–Trinajstić information content (AvgIpc) is 2.81. The Balaban J connectivity index is 1.70. The second-order valence-corrected chi connectivity index (χ2v) is 8.60. The number of carbonyl (C=O) groups excluding carboxylic acids is 1. The highest BCUT2D eigenvalue weighted by molar-refractivity contribution is 9.11. The molecule has 0 radical (unpaired) electrons. The lowest BCUT2D eigenvalue weighted by molar-refractivity contribution is -0.117. The summed E-state index contributed by atoms with van der Waals surface area (Å²) in [5.41, 5.74) is 1.88. The van der Waals surface area contributed by atoms with E-state index in [4.69, 9.17) is 9.47 Å². The Morgan fingerprint density at radius 1 is 1.12 bits per heavy atom. The number of hydrogen-bond acceptors (Lipinski definition) is 4. The molecular formula is C25H19Br2FN2O3. The number of nitriles is 1. The van der Waals surface area contributed by atoms with Gasteiger partial charge in [0, 0.05) is 12.1 Å². The Morgan fingerprint density at radius 2 is 1.79 bits per heavy atom. The maximum atomic E-state index is 13.8. The highest BCUT2D eigenvalue weighted by Gasteiger charge is 2.13. The third-order valence-electron chi connectivity index (χ3n) is 4.64. The van der Waals surface area contributed by atoms with Crippen molar-refractivity contribution in [3.63, 3.8) is 0 Å². The van der Waals surface area contributed by atoms with Crippen LogP contribution >= 0.6 is 31.9 Å². The number of halogens is 3. The van der Waals surface area contributed by atoms with Crippen molar-refractivity contribution >= 4 is 43.8 Å². The minimum Gasteiger partial charge on any atom is -0.497 e. The van der Waals surface area contributed by atoms with Gasteiger partial charge in [0.1, 0.15) is 35.6 Å². The maximum Gasteiger partial charge on any atom is 0.262 e. The van der Waals surface area contributed by atoms with Crippen molar-refractivity contribution < 1.29 is 18.7 Å². The van der Waals surface area contributed by atoms with Gasteiger partial charge in [-0.2, -0.15) is 5.26 Å². The van der Waals surface area contributed by atoms with Crippen LogP contribution in [0, 0.1) is 17.1 Å². The zero-order valence-corrected chi connectivity index (χ0v) is 20.7. The fourth-order valence-corrected chi connectivity index (χ4v) is 4.35. The van der Waals surface area contributed by atoms with E-state index >= 15 is 0 Å².